The van der Waals surface area contributed by atoms with Gasteiger partial charge in [-0.2, -0.15) is 0 Å². The Balaban J connectivity index is 1.49. The van der Waals surface area contributed by atoms with Gasteiger partial charge in [0.1, 0.15) is 18.0 Å². The third-order valence-corrected chi connectivity index (χ3v) is 5.41. The maximum absolute atomic E-state index is 12.7. The number of rotatable bonds is 8. The molecule has 0 saturated heterocycles. The minimum Gasteiger partial charge on any atom is -0.497 e. The minimum atomic E-state index is -0.461. The van der Waals surface area contributed by atoms with Gasteiger partial charge in [-0.25, -0.2) is 18.9 Å². The molecule has 0 aliphatic heterocycles. The van der Waals surface area contributed by atoms with Crippen LogP contribution in [0.2, 0.25) is 0 Å². The fourth-order valence-corrected chi connectivity index (χ4v) is 3.42. The summed E-state index contributed by atoms with van der Waals surface area (Å²) < 4.78 is 13.4. The van der Waals surface area contributed by atoms with Crippen LogP contribution in [-0.4, -0.2) is 38.4 Å². The Kier molecular flexibility index (Phi) is 6.41. The highest BCUT2D eigenvalue weighted by atomic mass is 32.2. The summed E-state index contributed by atoms with van der Waals surface area (Å²) in [7, 11) is 1.56. The Morgan fingerprint density at radius 3 is 2.69 bits per heavy atom. The van der Waals surface area contributed by atoms with Crippen LogP contribution < -0.4 is 20.5 Å². The highest BCUT2D eigenvalue weighted by Crippen LogP contribution is 2.25. The number of nitrogens with zero attached hydrogens (tertiary/aromatic N) is 4. The van der Waals surface area contributed by atoms with Crippen LogP contribution >= 0.6 is 11.8 Å². The third-order valence-electron chi connectivity index (χ3n) is 4.67. The fourth-order valence-electron chi connectivity index (χ4n) is 3.01. The van der Waals surface area contributed by atoms with Gasteiger partial charge in [-0.15, -0.1) is 16.9 Å². The van der Waals surface area contributed by atoms with Gasteiger partial charge in [-0.3, -0.25) is 4.79 Å². The zero-order chi connectivity index (χ0) is 22.5. The van der Waals surface area contributed by atoms with Crippen LogP contribution in [0, 0.1) is 0 Å². The number of amides is 1. The van der Waals surface area contributed by atoms with E-state index in [0.29, 0.717) is 18.0 Å². The average Bonchev–Trinajstić information content (AvgIpc) is 3.14. The second-order valence-electron chi connectivity index (χ2n) is 6.77. The normalized spacial score (nSPS) is 10.8. The van der Waals surface area contributed by atoms with E-state index in [1.807, 2.05) is 30.5 Å². The first-order chi connectivity index (χ1) is 15.6. The van der Waals surface area contributed by atoms with Crippen molar-refractivity contribution in [3.63, 3.8) is 0 Å². The van der Waals surface area contributed by atoms with Crippen LogP contribution in [0.25, 0.3) is 5.65 Å². The molecule has 2 aromatic carbocycles. The van der Waals surface area contributed by atoms with E-state index in [4.69, 9.17) is 9.47 Å². The second-order valence-corrected chi connectivity index (χ2v) is 7.65. The summed E-state index contributed by atoms with van der Waals surface area (Å²) in [6, 6.07) is 14.9. The molecule has 0 bridgehead atoms. The second kappa shape index (κ2) is 9.56. The van der Waals surface area contributed by atoms with Gasteiger partial charge in [0.05, 0.1) is 7.11 Å². The molecule has 32 heavy (non-hydrogen) atoms. The molecule has 1 amide bonds. The molecule has 0 radical (unpaired) electrons. The summed E-state index contributed by atoms with van der Waals surface area (Å²) in [5.41, 5.74) is 0.717. The predicted octanol–water partition coefficient (Wildman–Crippen LogP) is 2.73. The molecule has 4 rings (SSSR count). The molecule has 0 fully saturated rings. The van der Waals surface area contributed by atoms with Crippen molar-refractivity contribution < 1.29 is 14.3 Å². The van der Waals surface area contributed by atoms with E-state index in [-0.39, 0.29) is 24.0 Å². The number of carbonyl (C=O) groups is 1. The monoisotopic (exact) mass is 451 g/mol. The number of carbonyl (C=O) groups excluding carboxylic acids is 1. The highest BCUT2D eigenvalue weighted by Gasteiger charge is 2.16. The molecular weight excluding hydrogens is 430 g/mol. The van der Waals surface area contributed by atoms with E-state index < -0.39 is 5.69 Å². The van der Waals surface area contributed by atoms with Crippen molar-refractivity contribution in [2.45, 2.75) is 18.0 Å². The van der Waals surface area contributed by atoms with Gasteiger partial charge in [0, 0.05) is 29.9 Å². The molecular formula is C22H21N5O4S. The highest BCUT2D eigenvalue weighted by molar-refractivity contribution is 7.98. The Hall–Kier alpha value is -3.79. The number of aromatic nitrogens is 4. The lowest BCUT2D eigenvalue weighted by atomic mass is 10.2. The first-order valence-electron chi connectivity index (χ1n) is 9.73. The summed E-state index contributed by atoms with van der Waals surface area (Å²) >= 11 is 1.65. The van der Waals surface area contributed by atoms with Crippen molar-refractivity contribution in [2.75, 3.05) is 13.4 Å². The molecule has 2 heterocycles. The zero-order valence-corrected chi connectivity index (χ0v) is 18.3. The molecule has 0 aliphatic carbocycles. The molecule has 164 valence electrons. The minimum absolute atomic E-state index is 0.144. The zero-order valence-electron chi connectivity index (χ0n) is 17.5. The number of nitrogens with one attached hydrogen (secondary N) is 1. The number of benzene rings is 2. The van der Waals surface area contributed by atoms with Crippen LogP contribution in [0.1, 0.15) is 5.56 Å². The molecule has 0 spiro atoms. The lowest BCUT2D eigenvalue weighted by Gasteiger charge is -2.06. The Morgan fingerprint density at radius 1 is 1.16 bits per heavy atom. The first kappa shape index (κ1) is 21.4. The van der Waals surface area contributed by atoms with Gasteiger partial charge in [-0.05, 0) is 36.1 Å². The van der Waals surface area contributed by atoms with Crippen molar-refractivity contribution in [2.24, 2.45) is 0 Å². The van der Waals surface area contributed by atoms with Gasteiger partial charge in [0.25, 0.3) is 5.88 Å². The van der Waals surface area contributed by atoms with Gasteiger partial charge in [-0.1, -0.05) is 18.2 Å². The quantitative estimate of drug-likeness (QED) is 0.411. The maximum atomic E-state index is 12.7. The smallest absolute Gasteiger partial charge is 0.351 e. The molecule has 10 heteroatoms. The number of methoxy groups -OCH3 is 1. The van der Waals surface area contributed by atoms with Gasteiger partial charge < -0.3 is 14.8 Å². The summed E-state index contributed by atoms with van der Waals surface area (Å²) in [5.74, 6) is 0.924. The van der Waals surface area contributed by atoms with E-state index in [0.717, 1.165) is 15.1 Å². The number of fused-ring (bicyclic) bond motifs is 1. The number of hydrogen-bond donors (Lipinski definition) is 1. The average molecular weight is 452 g/mol. The topological polar surface area (TPSA) is 99.8 Å². The predicted molar refractivity (Wildman–Crippen MR) is 120 cm³/mol. The molecule has 1 N–H and O–H groups in total. The van der Waals surface area contributed by atoms with Gasteiger partial charge in [0.15, 0.2) is 0 Å². The molecule has 0 unspecified atom stereocenters. The first-order valence-corrected chi connectivity index (χ1v) is 11.0. The van der Waals surface area contributed by atoms with E-state index in [1.165, 1.54) is 16.8 Å². The summed E-state index contributed by atoms with van der Waals surface area (Å²) in [5, 5.41) is 7.06. The molecule has 2 aromatic heterocycles. The number of hydrogen-bond acceptors (Lipinski definition) is 7. The maximum Gasteiger partial charge on any atom is 0.351 e. The number of ether oxygens (including phenoxy) is 2. The Labute approximate surface area is 188 Å². The van der Waals surface area contributed by atoms with E-state index in [2.05, 4.69) is 15.4 Å². The largest absolute Gasteiger partial charge is 0.497 e. The van der Waals surface area contributed by atoms with Crippen LogP contribution in [0.15, 0.2) is 70.6 Å². The molecule has 0 saturated carbocycles. The molecule has 0 atom stereocenters. The summed E-state index contributed by atoms with van der Waals surface area (Å²) in [6.07, 6.45) is 4.92. The van der Waals surface area contributed by atoms with Crippen LogP contribution in [-0.2, 0) is 17.9 Å². The van der Waals surface area contributed by atoms with E-state index in [1.54, 1.807) is 43.1 Å². The fraction of sp³-hybridized carbons (Fsp3) is 0.182. The van der Waals surface area contributed by atoms with Crippen molar-refractivity contribution in [3.8, 4) is 17.4 Å². The van der Waals surface area contributed by atoms with Crippen molar-refractivity contribution in [1.82, 2.24) is 24.5 Å². The van der Waals surface area contributed by atoms with E-state index in [9.17, 15) is 9.59 Å². The van der Waals surface area contributed by atoms with Gasteiger partial charge in [0.2, 0.25) is 11.6 Å². The molecule has 9 nitrogen and oxygen atoms in total. The third kappa shape index (κ3) is 4.75. The lowest BCUT2D eigenvalue weighted by Crippen LogP contribution is -2.32. The van der Waals surface area contributed by atoms with Crippen LogP contribution in [0.3, 0.4) is 0 Å². The molecule has 4 aromatic rings. The van der Waals surface area contributed by atoms with Crippen molar-refractivity contribution in [3.05, 3.63) is 77.0 Å². The van der Waals surface area contributed by atoms with E-state index >= 15 is 0 Å². The van der Waals surface area contributed by atoms with Crippen LogP contribution in [0.5, 0.6) is 17.4 Å². The van der Waals surface area contributed by atoms with Gasteiger partial charge >= 0.3 is 5.69 Å². The van der Waals surface area contributed by atoms with Crippen molar-refractivity contribution in [1.29, 1.82) is 0 Å². The van der Waals surface area contributed by atoms with Crippen molar-refractivity contribution >= 4 is 23.3 Å². The molecule has 0 aliphatic rings. The Morgan fingerprint density at radius 2 is 1.94 bits per heavy atom. The number of thioether (sulfide) groups is 1. The SMILES string of the molecule is COc1cccc(Oc2nccn3c(=O)n(CC(=O)NCc4ccc(SC)cc4)nc23)c1. The lowest BCUT2D eigenvalue weighted by molar-refractivity contribution is -0.122. The summed E-state index contributed by atoms with van der Waals surface area (Å²) in [4.78, 5) is 30.4. The Bertz CT molecular complexity index is 1300. The standard InChI is InChI=1S/C22H21N5O4S/c1-30-16-4-3-5-17(12-16)31-21-20-25-27(22(29)26(20)11-10-23-21)14-19(28)24-13-15-6-8-18(32-2)9-7-15/h3-12H,13-14H2,1-2H3,(H,24,28). The van der Waals surface area contributed by atoms with Crippen LogP contribution in [0.4, 0.5) is 0 Å². The summed E-state index contributed by atoms with van der Waals surface area (Å²) in [6.45, 7) is 0.142.